The Balaban J connectivity index is 1.49. The van der Waals surface area contributed by atoms with Gasteiger partial charge >= 0.3 is 0 Å². The van der Waals surface area contributed by atoms with Crippen molar-refractivity contribution in [2.75, 3.05) is 13.1 Å². The summed E-state index contributed by atoms with van der Waals surface area (Å²) in [5.41, 5.74) is 1.33. The zero-order valence-electron chi connectivity index (χ0n) is 17.9. The Kier molecular flexibility index (Phi) is 5.81. The molecule has 0 aromatic carbocycles. The third-order valence-corrected chi connectivity index (χ3v) is 10.0. The second kappa shape index (κ2) is 8.27. The molecule has 2 aromatic rings. The Morgan fingerprint density at radius 1 is 0.818 bits per heavy atom. The van der Waals surface area contributed by atoms with Gasteiger partial charge in [-0.15, -0.1) is 0 Å². The summed E-state index contributed by atoms with van der Waals surface area (Å²) in [7, 11) is 0. The highest BCUT2D eigenvalue weighted by Crippen LogP contribution is 2.55. The molecule has 8 nitrogen and oxygen atoms in total. The van der Waals surface area contributed by atoms with E-state index in [-0.39, 0.29) is 11.8 Å². The van der Waals surface area contributed by atoms with Crippen molar-refractivity contribution >= 4 is 111 Å². The molecule has 170 valence electrons. The maximum absolute atomic E-state index is 12.5. The summed E-state index contributed by atoms with van der Waals surface area (Å²) in [6.45, 7) is 8.90. The number of thiazole rings is 2. The van der Waals surface area contributed by atoms with Gasteiger partial charge in [0.25, 0.3) is 11.8 Å². The summed E-state index contributed by atoms with van der Waals surface area (Å²) in [5.74, 6) is -0.368. The number of hydrogen-bond acceptors (Lipinski definition) is 12. The molecule has 0 radical (unpaired) electrons. The molecule has 2 amide bonds. The normalized spacial score (nSPS) is 21.8. The van der Waals surface area contributed by atoms with Crippen LogP contribution in [0.5, 0.6) is 0 Å². The van der Waals surface area contributed by atoms with Crippen LogP contribution in [0.3, 0.4) is 0 Å². The lowest BCUT2D eigenvalue weighted by Crippen LogP contribution is -2.29. The van der Waals surface area contributed by atoms with Crippen LogP contribution in [0.15, 0.2) is 9.98 Å². The van der Waals surface area contributed by atoms with Crippen LogP contribution in [0.1, 0.15) is 39.1 Å². The van der Waals surface area contributed by atoms with Crippen molar-refractivity contribution in [3.8, 4) is 9.75 Å². The van der Waals surface area contributed by atoms with Crippen LogP contribution in [0, 0.1) is 0 Å². The molecule has 3 aliphatic rings. The van der Waals surface area contributed by atoms with E-state index < -0.39 is 5.41 Å². The zero-order chi connectivity index (χ0) is 23.7. The first-order valence-electron chi connectivity index (χ1n) is 9.93. The van der Waals surface area contributed by atoms with Gasteiger partial charge in [-0.3, -0.25) is 19.4 Å². The molecule has 0 unspecified atom stereocenters. The van der Waals surface area contributed by atoms with Crippen LogP contribution in [0.2, 0.25) is 0 Å². The second-order valence-electron chi connectivity index (χ2n) is 7.64. The van der Waals surface area contributed by atoms with E-state index in [0.29, 0.717) is 42.1 Å². The van der Waals surface area contributed by atoms with Crippen molar-refractivity contribution in [2.45, 2.75) is 33.1 Å². The van der Waals surface area contributed by atoms with E-state index in [1.165, 1.54) is 56.0 Å². The third kappa shape index (κ3) is 3.62. The monoisotopic (exact) mass is 552 g/mol. The lowest BCUT2D eigenvalue weighted by molar-refractivity contribution is -0.120. The lowest BCUT2D eigenvalue weighted by atomic mass is 9.90. The maximum atomic E-state index is 12.5. The summed E-state index contributed by atoms with van der Waals surface area (Å²) in [6.07, 6.45) is 0. The van der Waals surface area contributed by atoms with Crippen LogP contribution in [-0.2, 0) is 15.0 Å². The molecule has 0 bridgehead atoms. The summed E-state index contributed by atoms with van der Waals surface area (Å²) in [6, 6.07) is 0. The fraction of sp³-hybridized carbons (Fsp3) is 0.368. The van der Waals surface area contributed by atoms with Crippen molar-refractivity contribution in [1.29, 1.82) is 0 Å². The first kappa shape index (κ1) is 23.2. The lowest BCUT2D eigenvalue weighted by Gasteiger charge is -2.15. The molecular weight excluding hydrogens is 537 g/mol. The van der Waals surface area contributed by atoms with Crippen molar-refractivity contribution < 1.29 is 9.59 Å². The maximum Gasteiger partial charge on any atom is 0.285 e. The fourth-order valence-electron chi connectivity index (χ4n) is 3.60. The number of thioether (sulfide) groups is 2. The first-order valence-corrected chi connectivity index (χ1v) is 14.0. The van der Waals surface area contributed by atoms with E-state index in [1.54, 1.807) is 0 Å². The van der Waals surface area contributed by atoms with Crippen LogP contribution in [-0.4, -0.2) is 63.4 Å². The summed E-state index contributed by atoms with van der Waals surface area (Å²) < 4.78 is 1.03. The van der Waals surface area contributed by atoms with Gasteiger partial charge in [-0.05, 0) is 51.2 Å². The van der Waals surface area contributed by atoms with E-state index in [9.17, 15) is 9.59 Å². The Morgan fingerprint density at radius 3 is 1.55 bits per heavy atom. The third-order valence-electron chi connectivity index (χ3n) is 5.31. The number of carbonyl (C=O) groups is 2. The number of aromatic nitrogens is 2. The quantitative estimate of drug-likeness (QED) is 0.503. The number of rotatable bonds is 4. The topological polar surface area (TPSA) is 91.1 Å². The molecule has 2 saturated heterocycles. The molecule has 14 heteroatoms. The zero-order valence-corrected chi connectivity index (χ0v) is 22.8. The van der Waals surface area contributed by atoms with Gasteiger partial charge < -0.3 is 0 Å². The number of aliphatic imine (C=N–C) groups is 2. The molecule has 1 aliphatic carbocycles. The molecule has 0 atom stereocenters. The van der Waals surface area contributed by atoms with Crippen LogP contribution in [0.4, 0.5) is 10.3 Å². The second-order valence-corrected chi connectivity index (χ2v) is 12.8. The van der Waals surface area contributed by atoms with Crippen molar-refractivity contribution in [3.63, 3.8) is 0 Å². The van der Waals surface area contributed by atoms with Gasteiger partial charge in [0, 0.05) is 13.1 Å². The standard InChI is InChI=1S/C19H16N6O2S6/c1-5-24-13(26)11(32-17(24)28)22-15-20-9-7(30-15)8-10(19(9,3)4)21-16(31-8)23-12-14(27)25(6-2)18(29)33-12/h5-6H2,1-4H3. The highest BCUT2D eigenvalue weighted by atomic mass is 32.2. The highest BCUT2D eigenvalue weighted by molar-refractivity contribution is 8.35. The Labute approximate surface area is 217 Å². The van der Waals surface area contributed by atoms with Crippen LogP contribution < -0.4 is 0 Å². The van der Waals surface area contributed by atoms with E-state index in [4.69, 9.17) is 34.4 Å². The Hall–Kier alpha value is -1.58. The fourth-order valence-corrected chi connectivity index (χ4v) is 8.58. The minimum atomic E-state index is -0.441. The average Bonchev–Trinajstić information content (AvgIpc) is 3.51. The molecule has 2 fully saturated rings. The Morgan fingerprint density at radius 2 is 1.21 bits per heavy atom. The number of amides is 2. The number of hydrogen-bond donors (Lipinski definition) is 0. The minimum Gasteiger partial charge on any atom is -0.292 e. The number of carbonyl (C=O) groups excluding carboxylic acids is 2. The Bertz CT molecular complexity index is 1220. The molecule has 4 heterocycles. The highest BCUT2D eigenvalue weighted by Gasteiger charge is 2.43. The van der Waals surface area contributed by atoms with Gasteiger partial charge in [0.1, 0.15) is 8.64 Å². The van der Waals surface area contributed by atoms with Crippen molar-refractivity contribution in [3.05, 3.63) is 11.4 Å². The van der Waals surface area contributed by atoms with Crippen molar-refractivity contribution in [1.82, 2.24) is 19.8 Å². The average molecular weight is 553 g/mol. The van der Waals surface area contributed by atoms with Crippen LogP contribution >= 0.6 is 70.6 Å². The largest absolute Gasteiger partial charge is 0.292 e. The molecule has 2 aliphatic heterocycles. The predicted molar refractivity (Wildman–Crippen MR) is 145 cm³/mol. The van der Waals surface area contributed by atoms with E-state index >= 15 is 0 Å². The summed E-state index contributed by atoms with van der Waals surface area (Å²) in [4.78, 5) is 48.5. The molecule has 2 aromatic heterocycles. The molecule has 0 saturated carbocycles. The molecule has 5 rings (SSSR count). The number of thiocarbonyl (C=S) groups is 2. The van der Waals surface area contributed by atoms with Crippen molar-refractivity contribution in [2.24, 2.45) is 9.98 Å². The van der Waals surface area contributed by atoms with Gasteiger partial charge in [0.15, 0.2) is 10.1 Å². The molecule has 33 heavy (non-hydrogen) atoms. The minimum absolute atomic E-state index is 0.184. The SMILES string of the molecule is CCN1C(=O)C(=Nc2nc3c(s2)-c2sc(N=C4SC(=S)N(CC)C4=O)nc2C3(C)C)SC1=S. The molecule has 0 N–H and O–H groups in total. The van der Waals surface area contributed by atoms with Gasteiger partial charge in [-0.2, -0.15) is 0 Å². The van der Waals surface area contributed by atoms with E-state index in [1.807, 2.05) is 13.8 Å². The van der Waals surface area contributed by atoms with E-state index in [0.717, 1.165) is 21.1 Å². The predicted octanol–water partition coefficient (Wildman–Crippen LogP) is 4.73. The smallest absolute Gasteiger partial charge is 0.285 e. The van der Waals surface area contributed by atoms with Gasteiger partial charge in [-0.25, -0.2) is 20.0 Å². The molecular formula is C19H16N6O2S6. The molecule has 0 spiro atoms. The van der Waals surface area contributed by atoms with Gasteiger partial charge in [0.05, 0.1) is 26.6 Å². The first-order chi connectivity index (χ1) is 15.6. The summed E-state index contributed by atoms with van der Waals surface area (Å²) >= 11 is 15.8. The van der Waals surface area contributed by atoms with E-state index in [2.05, 4.69) is 23.8 Å². The van der Waals surface area contributed by atoms with Gasteiger partial charge in [0.2, 0.25) is 10.3 Å². The van der Waals surface area contributed by atoms with Gasteiger partial charge in [-0.1, -0.05) is 47.1 Å². The number of nitrogens with zero attached hydrogens (tertiary/aromatic N) is 6. The van der Waals surface area contributed by atoms with Crippen LogP contribution in [0.25, 0.3) is 9.75 Å². The summed E-state index contributed by atoms with van der Waals surface area (Å²) in [5, 5.41) is 1.72. The number of fused-ring (bicyclic) bond motifs is 3.